The number of ether oxygens (including phenoxy) is 1. The third-order valence-corrected chi connectivity index (χ3v) is 6.10. The molecule has 2 aliphatic rings. The van der Waals surface area contributed by atoms with Crippen molar-refractivity contribution in [1.29, 1.82) is 0 Å². The lowest BCUT2D eigenvalue weighted by Crippen LogP contribution is -2.47. The summed E-state index contributed by atoms with van der Waals surface area (Å²) in [5.74, 6) is 0.201. The summed E-state index contributed by atoms with van der Waals surface area (Å²) in [5, 5.41) is 4.87. The van der Waals surface area contributed by atoms with Crippen molar-refractivity contribution in [3.8, 4) is 0 Å². The Morgan fingerprint density at radius 1 is 1.39 bits per heavy atom. The number of nitrogens with zero attached hydrogens (tertiary/aromatic N) is 2. The molecule has 0 spiro atoms. The van der Waals surface area contributed by atoms with Crippen LogP contribution in [0.25, 0.3) is 0 Å². The molecule has 5 nitrogen and oxygen atoms in total. The Morgan fingerprint density at radius 2 is 2.17 bits per heavy atom. The lowest BCUT2D eigenvalue weighted by Gasteiger charge is -2.33. The van der Waals surface area contributed by atoms with Crippen molar-refractivity contribution in [3.05, 3.63) is 15.6 Å². The van der Waals surface area contributed by atoms with E-state index in [1.54, 1.807) is 0 Å². The second-order valence-electron chi connectivity index (χ2n) is 6.45. The Labute approximate surface area is 142 Å². The lowest BCUT2D eigenvalue weighted by atomic mass is 10.0. The maximum absolute atomic E-state index is 12.3. The van der Waals surface area contributed by atoms with Gasteiger partial charge in [0.1, 0.15) is 6.10 Å². The van der Waals surface area contributed by atoms with E-state index < -0.39 is 0 Å². The van der Waals surface area contributed by atoms with E-state index in [-0.39, 0.29) is 12.0 Å². The summed E-state index contributed by atoms with van der Waals surface area (Å²) in [6, 6.07) is 0.495. The number of thiazole rings is 1. The zero-order chi connectivity index (χ0) is 16.2. The van der Waals surface area contributed by atoms with Crippen LogP contribution in [0.1, 0.15) is 48.2 Å². The van der Waals surface area contributed by atoms with Crippen LogP contribution < -0.4 is 5.32 Å². The van der Waals surface area contributed by atoms with Crippen molar-refractivity contribution in [1.82, 2.24) is 15.2 Å². The summed E-state index contributed by atoms with van der Waals surface area (Å²) in [6.45, 7) is 7.57. The average molecular weight is 337 g/mol. The van der Waals surface area contributed by atoms with Gasteiger partial charge >= 0.3 is 0 Å². The highest BCUT2D eigenvalue weighted by atomic mass is 32.1. The molecule has 0 aliphatic carbocycles. The van der Waals surface area contributed by atoms with Crippen molar-refractivity contribution in [2.75, 3.05) is 19.7 Å². The first-order valence-corrected chi connectivity index (χ1v) is 9.58. The van der Waals surface area contributed by atoms with Crippen LogP contribution in [0.15, 0.2) is 0 Å². The Hall–Kier alpha value is -0.980. The van der Waals surface area contributed by atoms with Crippen molar-refractivity contribution in [2.45, 2.75) is 64.6 Å². The van der Waals surface area contributed by atoms with Crippen LogP contribution in [0, 0.1) is 6.92 Å². The number of rotatable bonds is 5. The highest BCUT2D eigenvalue weighted by Gasteiger charge is 2.30. The van der Waals surface area contributed by atoms with E-state index in [4.69, 9.17) is 4.74 Å². The summed E-state index contributed by atoms with van der Waals surface area (Å²) in [4.78, 5) is 20.3. The van der Waals surface area contributed by atoms with Gasteiger partial charge in [0.2, 0.25) is 0 Å². The molecule has 3 rings (SSSR count). The van der Waals surface area contributed by atoms with Crippen LogP contribution in [0.2, 0.25) is 0 Å². The number of hydrogen-bond acceptors (Lipinski definition) is 5. The standard InChI is InChI=1S/C17H27N3O2S/c1-3-16-19-12(2)15(23-16)11-18-13-6-8-20(9-7-13)17(21)14-5-4-10-22-14/h13-14,18H,3-11H2,1-2H3/t14-/m0/s1. The number of amides is 1. The van der Waals surface area contributed by atoms with Crippen LogP contribution >= 0.6 is 11.3 Å². The van der Waals surface area contributed by atoms with Crippen LogP contribution in [-0.2, 0) is 22.5 Å². The fourth-order valence-corrected chi connectivity index (χ4v) is 4.28. The SMILES string of the molecule is CCc1nc(C)c(CNC2CCN(C(=O)[C@@H]3CCCO3)CC2)s1. The van der Waals surface area contributed by atoms with E-state index in [1.165, 1.54) is 9.88 Å². The van der Waals surface area contributed by atoms with E-state index in [0.29, 0.717) is 6.04 Å². The summed E-state index contributed by atoms with van der Waals surface area (Å²) in [6.07, 6.45) is 4.79. The van der Waals surface area contributed by atoms with Crippen LogP contribution in [0.4, 0.5) is 0 Å². The molecule has 1 aromatic heterocycles. The number of piperidine rings is 1. The largest absolute Gasteiger partial charge is 0.368 e. The quantitative estimate of drug-likeness (QED) is 0.895. The molecular weight excluding hydrogens is 310 g/mol. The first-order valence-electron chi connectivity index (χ1n) is 8.76. The number of hydrogen-bond donors (Lipinski definition) is 1. The second kappa shape index (κ2) is 7.73. The normalized spacial score (nSPS) is 22.7. The average Bonchev–Trinajstić information content (AvgIpc) is 3.22. The maximum atomic E-state index is 12.3. The first kappa shape index (κ1) is 16.9. The minimum absolute atomic E-state index is 0.174. The van der Waals surface area contributed by atoms with Crippen molar-refractivity contribution >= 4 is 17.2 Å². The van der Waals surface area contributed by atoms with Crippen molar-refractivity contribution in [3.63, 3.8) is 0 Å². The van der Waals surface area contributed by atoms with Gasteiger partial charge in [-0.3, -0.25) is 4.79 Å². The molecular formula is C17H27N3O2S. The Balaban J connectivity index is 1.43. The highest BCUT2D eigenvalue weighted by molar-refractivity contribution is 7.11. The number of nitrogens with one attached hydrogen (secondary N) is 1. The predicted octanol–water partition coefficient (Wildman–Crippen LogP) is 2.27. The van der Waals surface area contributed by atoms with Gasteiger partial charge in [0.15, 0.2) is 0 Å². The van der Waals surface area contributed by atoms with Gasteiger partial charge in [-0.15, -0.1) is 11.3 Å². The molecule has 0 radical (unpaired) electrons. The van der Waals surface area contributed by atoms with Gasteiger partial charge in [0.05, 0.1) is 10.7 Å². The summed E-state index contributed by atoms with van der Waals surface area (Å²) in [5.41, 5.74) is 1.16. The smallest absolute Gasteiger partial charge is 0.251 e. The van der Waals surface area contributed by atoms with Crippen LogP contribution in [0.3, 0.4) is 0 Å². The number of carbonyl (C=O) groups excluding carboxylic acids is 1. The topological polar surface area (TPSA) is 54.5 Å². The van der Waals surface area contributed by atoms with Gasteiger partial charge in [-0.1, -0.05) is 6.92 Å². The number of carbonyl (C=O) groups is 1. The van der Waals surface area contributed by atoms with Gasteiger partial charge in [-0.25, -0.2) is 4.98 Å². The third kappa shape index (κ3) is 4.11. The van der Waals surface area contributed by atoms with E-state index >= 15 is 0 Å². The molecule has 1 N–H and O–H groups in total. The third-order valence-electron chi connectivity index (χ3n) is 4.80. The second-order valence-corrected chi connectivity index (χ2v) is 7.62. The summed E-state index contributed by atoms with van der Waals surface area (Å²) >= 11 is 1.82. The van der Waals surface area contributed by atoms with Crippen LogP contribution in [-0.4, -0.2) is 47.6 Å². The van der Waals surface area contributed by atoms with E-state index in [1.807, 2.05) is 16.2 Å². The molecule has 1 atom stereocenters. The van der Waals surface area contributed by atoms with Crippen molar-refractivity contribution in [2.24, 2.45) is 0 Å². The zero-order valence-electron chi connectivity index (χ0n) is 14.1. The molecule has 0 saturated carbocycles. The summed E-state index contributed by atoms with van der Waals surface area (Å²) < 4.78 is 5.51. The Kier molecular flexibility index (Phi) is 5.67. The Morgan fingerprint density at radius 3 is 2.78 bits per heavy atom. The summed E-state index contributed by atoms with van der Waals surface area (Å²) in [7, 11) is 0. The monoisotopic (exact) mass is 337 g/mol. The first-order chi connectivity index (χ1) is 11.2. The molecule has 0 bridgehead atoms. The van der Waals surface area contributed by atoms with Crippen LogP contribution in [0.5, 0.6) is 0 Å². The van der Waals surface area contributed by atoms with Gasteiger partial charge in [-0.2, -0.15) is 0 Å². The van der Waals surface area contributed by atoms with Gasteiger partial charge in [0, 0.05) is 37.2 Å². The molecule has 128 valence electrons. The van der Waals surface area contributed by atoms with Gasteiger partial charge in [-0.05, 0) is 39.0 Å². The molecule has 3 heterocycles. The molecule has 2 aliphatic heterocycles. The van der Waals surface area contributed by atoms with E-state index in [2.05, 4.69) is 24.1 Å². The fourth-order valence-electron chi connectivity index (χ4n) is 3.32. The predicted molar refractivity (Wildman–Crippen MR) is 91.6 cm³/mol. The minimum atomic E-state index is -0.174. The van der Waals surface area contributed by atoms with E-state index in [9.17, 15) is 4.79 Å². The zero-order valence-corrected chi connectivity index (χ0v) is 15.0. The highest BCUT2D eigenvalue weighted by Crippen LogP contribution is 2.21. The van der Waals surface area contributed by atoms with Gasteiger partial charge < -0.3 is 15.0 Å². The molecule has 2 fully saturated rings. The molecule has 1 amide bonds. The molecule has 23 heavy (non-hydrogen) atoms. The van der Waals surface area contributed by atoms with E-state index in [0.717, 1.165) is 64.0 Å². The molecule has 0 unspecified atom stereocenters. The minimum Gasteiger partial charge on any atom is -0.368 e. The number of likely N-dealkylation sites (tertiary alicyclic amines) is 1. The molecule has 0 aromatic carbocycles. The molecule has 6 heteroatoms. The molecule has 2 saturated heterocycles. The lowest BCUT2D eigenvalue weighted by molar-refractivity contribution is -0.142. The maximum Gasteiger partial charge on any atom is 0.251 e. The van der Waals surface area contributed by atoms with Crippen molar-refractivity contribution < 1.29 is 9.53 Å². The number of aryl methyl sites for hydroxylation is 2. The van der Waals surface area contributed by atoms with Gasteiger partial charge in [0.25, 0.3) is 5.91 Å². The molecule has 1 aromatic rings. The number of aromatic nitrogens is 1. The Bertz CT molecular complexity index is 532. The fraction of sp³-hybridized carbons (Fsp3) is 0.765.